The molecular weight excluding hydrogens is 262 g/mol. The van der Waals surface area contributed by atoms with Crippen molar-refractivity contribution in [1.82, 2.24) is 20.2 Å². The van der Waals surface area contributed by atoms with Crippen LogP contribution in [-0.2, 0) is 4.79 Å². The normalized spacial score (nSPS) is 18.2. The largest absolute Gasteiger partial charge is 0.352 e. The summed E-state index contributed by atoms with van der Waals surface area (Å²) < 4.78 is 1.41. The Labute approximate surface area is 117 Å². The van der Waals surface area contributed by atoms with Gasteiger partial charge in [0.25, 0.3) is 0 Å². The predicted molar refractivity (Wildman–Crippen MR) is 75.2 cm³/mol. The Balaban J connectivity index is 1.86. The molecule has 19 heavy (non-hydrogen) atoms. The molecule has 0 saturated heterocycles. The molecule has 1 fully saturated rings. The van der Waals surface area contributed by atoms with Crippen molar-refractivity contribution in [2.45, 2.75) is 62.4 Å². The fraction of sp³-hybridized carbons (Fsp3) is 0.750. The van der Waals surface area contributed by atoms with Crippen LogP contribution in [0.3, 0.4) is 0 Å². The highest BCUT2D eigenvalue weighted by atomic mass is 32.2. The van der Waals surface area contributed by atoms with Gasteiger partial charge in [-0.25, -0.2) is 4.68 Å². The lowest BCUT2D eigenvalue weighted by Crippen LogP contribution is -2.40. The van der Waals surface area contributed by atoms with E-state index in [4.69, 9.17) is 5.84 Å². The number of aromatic nitrogens is 3. The third-order valence-corrected chi connectivity index (χ3v) is 4.49. The molecule has 1 aliphatic carbocycles. The van der Waals surface area contributed by atoms with Gasteiger partial charge in [0.1, 0.15) is 5.82 Å². The Hall–Kier alpha value is -1.24. The summed E-state index contributed by atoms with van der Waals surface area (Å²) in [6.07, 6.45) is 5.89. The van der Waals surface area contributed by atoms with Crippen molar-refractivity contribution >= 4 is 17.7 Å². The molecule has 3 N–H and O–H groups in total. The fourth-order valence-electron chi connectivity index (χ4n) is 2.21. The van der Waals surface area contributed by atoms with Crippen molar-refractivity contribution in [3.63, 3.8) is 0 Å². The van der Waals surface area contributed by atoms with Crippen molar-refractivity contribution in [1.29, 1.82) is 0 Å². The molecule has 106 valence electrons. The second kappa shape index (κ2) is 6.27. The van der Waals surface area contributed by atoms with Crippen LogP contribution >= 0.6 is 11.8 Å². The van der Waals surface area contributed by atoms with Gasteiger partial charge in [-0.2, -0.15) is 0 Å². The molecule has 0 radical (unpaired) electrons. The highest BCUT2D eigenvalue weighted by Crippen LogP contribution is 2.22. The van der Waals surface area contributed by atoms with Crippen LogP contribution in [0.15, 0.2) is 5.16 Å². The van der Waals surface area contributed by atoms with Crippen LogP contribution in [0.2, 0.25) is 0 Å². The molecule has 0 aromatic carbocycles. The summed E-state index contributed by atoms with van der Waals surface area (Å²) in [7, 11) is 0. The lowest BCUT2D eigenvalue weighted by Gasteiger charge is -2.24. The second-order valence-electron chi connectivity index (χ2n) is 5.00. The van der Waals surface area contributed by atoms with Crippen molar-refractivity contribution in [2.75, 3.05) is 5.84 Å². The van der Waals surface area contributed by atoms with Gasteiger partial charge in [0.15, 0.2) is 0 Å². The number of hydrogen-bond donors (Lipinski definition) is 2. The van der Waals surface area contributed by atoms with Gasteiger partial charge in [-0.3, -0.25) is 4.79 Å². The highest BCUT2D eigenvalue weighted by molar-refractivity contribution is 8.00. The molecule has 1 aromatic heterocycles. The van der Waals surface area contributed by atoms with E-state index in [2.05, 4.69) is 15.5 Å². The monoisotopic (exact) mass is 283 g/mol. The minimum absolute atomic E-state index is 0.0533. The Kier molecular flexibility index (Phi) is 4.68. The Morgan fingerprint density at radius 1 is 1.42 bits per heavy atom. The van der Waals surface area contributed by atoms with E-state index in [-0.39, 0.29) is 11.2 Å². The summed E-state index contributed by atoms with van der Waals surface area (Å²) in [5.41, 5.74) is 0. The number of nitrogen functional groups attached to an aromatic ring is 1. The first-order valence-corrected chi connectivity index (χ1v) is 7.60. The van der Waals surface area contributed by atoms with Crippen molar-refractivity contribution in [3.8, 4) is 0 Å². The number of rotatable bonds is 4. The van der Waals surface area contributed by atoms with E-state index in [0.717, 1.165) is 12.8 Å². The van der Waals surface area contributed by atoms with E-state index >= 15 is 0 Å². The number of carbonyl (C=O) groups is 1. The molecule has 6 nitrogen and oxygen atoms in total. The number of hydrogen-bond acceptors (Lipinski definition) is 5. The minimum Gasteiger partial charge on any atom is -0.352 e. The summed E-state index contributed by atoms with van der Waals surface area (Å²) in [5.74, 6) is 6.47. The van der Waals surface area contributed by atoms with Gasteiger partial charge in [0.2, 0.25) is 11.1 Å². The first kappa shape index (κ1) is 14.2. The van der Waals surface area contributed by atoms with E-state index < -0.39 is 0 Å². The van der Waals surface area contributed by atoms with Crippen molar-refractivity contribution in [3.05, 3.63) is 5.82 Å². The first-order valence-electron chi connectivity index (χ1n) is 6.72. The van der Waals surface area contributed by atoms with Gasteiger partial charge < -0.3 is 11.2 Å². The molecule has 1 heterocycles. The number of amides is 1. The molecule has 0 bridgehead atoms. The third-order valence-electron chi connectivity index (χ3n) is 3.44. The molecule has 0 spiro atoms. The lowest BCUT2D eigenvalue weighted by molar-refractivity contribution is -0.121. The van der Waals surface area contributed by atoms with Gasteiger partial charge in [-0.1, -0.05) is 31.0 Å². The lowest BCUT2D eigenvalue weighted by atomic mass is 9.95. The summed E-state index contributed by atoms with van der Waals surface area (Å²) in [6.45, 7) is 3.65. The van der Waals surface area contributed by atoms with Crippen LogP contribution in [0.25, 0.3) is 0 Å². The van der Waals surface area contributed by atoms with E-state index in [1.165, 1.54) is 35.7 Å². The standard InChI is InChI=1S/C12H21N5OS/c1-8(19-12-16-15-9(2)17(12)13)11(18)14-10-6-4-3-5-7-10/h8,10H,3-7,13H2,1-2H3,(H,14,18). The second-order valence-corrected chi connectivity index (χ2v) is 6.31. The maximum absolute atomic E-state index is 12.1. The number of nitrogens with two attached hydrogens (primary N) is 1. The molecule has 1 atom stereocenters. The number of aryl methyl sites for hydroxylation is 1. The summed E-state index contributed by atoms with van der Waals surface area (Å²) in [4.78, 5) is 12.1. The van der Waals surface area contributed by atoms with Gasteiger partial charge in [0.05, 0.1) is 5.25 Å². The zero-order valence-corrected chi connectivity index (χ0v) is 12.2. The molecular formula is C12H21N5OS. The number of nitrogens with one attached hydrogen (secondary N) is 1. The molecule has 1 saturated carbocycles. The minimum atomic E-state index is -0.215. The maximum Gasteiger partial charge on any atom is 0.233 e. The van der Waals surface area contributed by atoms with Crippen LogP contribution in [0.4, 0.5) is 0 Å². The van der Waals surface area contributed by atoms with Crippen LogP contribution in [-0.4, -0.2) is 32.1 Å². The molecule has 7 heteroatoms. The fourth-order valence-corrected chi connectivity index (χ4v) is 3.03. The van der Waals surface area contributed by atoms with Crippen LogP contribution in [0.5, 0.6) is 0 Å². The number of carbonyl (C=O) groups excluding carboxylic acids is 1. The van der Waals surface area contributed by atoms with Gasteiger partial charge in [-0.15, -0.1) is 10.2 Å². The first-order chi connectivity index (χ1) is 9.08. The molecule has 1 aromatic rings. The molecule has 1 amide bonds. The number of nitrogens with zero attached hydrogens (tertiary/aromatic N) is 3. The zero-order valence-electron chi connectivity index (χ0n) is 11.4. The summed E-state index contributed by atoms with van der Waals surface area (Å²) in [5, 5.41) is 11.3. The Morgan fingerprint density at radius 2 is 2.11 bits per heavy atom. The van der Waals surface area contributed by atoms with Crippen LogP contribution in [0, 0.1) is 6.92 Å². The third kappa shape index (κ3) is 3.62. The van der Waals surface area contributed by atoms with E-state index in [1.807, 2.05) is 6.92 Å². The van der Waals surface area contributed by atoms with Gasteiger partial charge in [0, 0.05) is 6.04 Å². The summed E-state index contributed by atoms with van der Waals surface area (Å²) >= 11 is 1.34. The average Bonchev–Trinajstić information content (AvgIpc) is 2.72. The number of thioether (sulfide) groups is 1. The average molecular weight is 283 g/mol. The van der Waals surface area contributed by atoms with E-state index in [9.17, 15) is 4.79 Å². The molecule has 0 aliphatic heterocycles. The molecule has 2 rings (SSSR count). The molecule has 1 aliphatic rings. The zero-order chi connectivity index (χ0) is 13.8. The Bertz CT molecular complexity index is 441. The van der Waals surface area contributed by atoms with Crippen LogP contribution < -0.4 is 11.2 Å². The summed E-state index contributed by atoms with van der Waals surface area (Å²) in [6, 6.07) is 0.335. The van der Waals surface area contributed by atoms with Gasteiger partial charge in [-0.05, 0) is 26.7 Å². The van der Waals surface area contributed by atoms with Gasteiger partial charge >= 0.3 is 0 Å². The topological polar surface area (TPSA) is 85.8 Å². The van der Waals surface area contributed by atoms with Crippen molar-refractivity contribution < 1.29 is 4.79 Å². The smallest absolute Gasteiger partial charge is 0.233 e. The van der Waals surface area contributed by atoms with Crippen molar-refractivity contribution in [2.24, 2.45) is 0 Å². The van der Waals surface area contributed by atoms with E-state index in [0.29, 0.717) is 17.0 Å². The van der Waals surface area contributed by atoms with Crippen LogP contribution in [0.1, 0.15) is 44.9 Å². The predicted octanol–water partition coefficient (Wildman–Crippen LogP) is 1.23. The maximum atomic E-state index is 12.1. The quantitative estimate of drug-likeness (QED) is 0.641. The Morgan fingerprint density at radius 3 is 2.68 bits per heavy atom. The molecule has 1 unspecified atom stereocenters. The van der Waals surface area contributed by atoms with E-state index in [1.54, 1.807) is 6.92 Å². The SMILES string of the molecule is Cc1nnc(SC(C)C(=O)NC2CCCCC2)n1N. The highest BCUT2D eigenvalue weighted by Gasteiger charge is 2.22.